The summed E-state index contributed by atoms with van der Waals surface area (Å²) >= 11 is 0. The summed E-state index contributed by atoms with van der Waals surface area (Å²) in [4.78, 5) is 11.7. The third kappa shape index (κ3) is 4.34. The first kappa shape index (κ1) is 15.6. The largest absolute Gasteiger partial charge is 0.391 e. The van der Waals surface area contributed by atoms with Gasteiger partial charge in [0.2, 0.25) is 0 Å². The molecule has 0 unspecified atom stereocenters. The monoisotopic (exact) mass is 304 g/mol. The minimum absolute atomic E-state index is 0.00168. The van der Waals surface area contributed by atoms with Gasteiger partial charge in [0.25, 0.3) is 0 Å². The van der Waals surface area contributed by atoms with Gasteiger partial charge in [-0.2, -0.15) is 13.2 Å². The zero-order valence-electron chi connectivity index (χ0n) is 11.2. The molecule has 1 aromatic rings. The standard InChI is InChI=1S/C14H16F4N2O/c15-11-6-1-2-7-12(11)20-13(21)19-10-5-3-4-9(8-10)14(16,17)18/h1-2,6-7,9-10H,3-5,8H2,(H2,19,20,21)/t9-,10-/m0/s1. The fraction of sp³-hybridized carbons (Fsp3) is 0.500. The third-order valence-corrected chi connectivity index (χ3v) is 3.59. The molecule has 1 fully saturated rings. The molecule has 3 nitrogen and oxygen atoms in total. The second-order valence-electron chi connectivity index (χ2n) is 5.18. The minimum atomic E-state index is -4.23. The summed E-state index contributed by atoms with van der Waals surface area (Å²) in [5.41, 5.74) is -0.00168. The highest BCUT2D eigenvalue weighted by molar-refractivity contribution is 5.89. The molecule has 1 aromatic carbocycles. The lowest BCUT2D eigenvalue weighted by atomic mass is 9.85. The number of hydrogen-bond donors (Lipinski definition) is 2. The summed E-state index contributed by atoms with van der Waals surface area (Å²) < 4.78 is 51.4. The Morgan fingerprint density at radius 3 is 2.57 bits per heavy atom. The van der Waals surface area contributed by atoms with Crippen molar-refractivity contribution < 1.29 is 22.4 Å². The lowest BCUT2D eigenvalue weighted by Crippen LogP contribution is -2.43. The highest BCUT2D eigenvalue weighted by atomic mass is 19.4. The molecule has 1 aliphatic carbocycles. The molecule has 7 heteroatoms. The van der Waals surface area contributed by atoms with E-state index in [1.54, 1.807) is 6.07 Å². The summed E-state index contributed by atoms with van der Waals surface area (Å²) in [7, 11) is 0. The highest BCUT2D eigenvalue weighted by Gasteiger charge is 2.42. The summed E-state index contributed by atoms with van der Waals surface area (Å²) in [6, 6.07) is 4.38. The van der Waals surface area contributed by atoms with Crippen molar-refractivity contribution in [2.24, 2.45) is 5.92 Å². The Morgan fingerprint density at radius 1 is 1.19 bits per heavy atom. The topological polar surface area (TPSA) is 41.1 Å². The van der Waals surface area contributed by atoms with Crippen molar-refractivity contribution in [2.75, 3.05) is 5.32 Å². The SMILES string of the molecule is O=C(Nc1ccccc1F)N[C@H]1CCC[C@H](C(F)(F)F)C1. The second kappa shape index (κ2) is 6.32. The van der Waals surface area contributed by atoms with Crippen LogP contribution in [-0.4, -0.2) is 18.2 Å². The van der Waals surface area contributed by atoms with Crippen molar-refractivity contribution in [2.45, 2.75) is 37.9 Å². The van der Waals surface area contributed by atoms with Crippen molar-refractivity contribution in [1.82, 2.24) is 5.32 Å². The molecule has 0 spiro atoms. The molecule has 21 heavy (non-hydrogen) atoms. The molecule has 1 saturated carbocycles. The van der Waals surface area contributed by atoms with E-state index in [0.29, 0.717) is 12.8 Å². The number of alkyl halides is 3. The maximum Gasteiger partial charge on any atom is 0.391 e. The number of carbonyl (C=O) groups excluding carboxylic acids is 1. The molecule has 0 bridgehead atoms. The van der Waals surface area contributed by atoms with Crippen LogP contribution in [0, 0.1) is 11.7 Å². The van der Waals surface area contributed by atoms with E-state index in [-0.39, 0.29) is 18.5 Å². The fourth-order valence-corrected chi connectivity index (χ4v) is 2.52. The van der Waals surface area contributed by atoms with E-state index >= 15 is 0 Å². The van der Waals surface area contributed by atoms with Gasteiger partial charge >= 0.3 is 12.2 Å². The number of anilines is 1. The van der Waals surface area contributed by atoms with Gasteiger partial charge in [-0.3, -0.25) is 0 Å². The lowest BCUT2D eigenvalue weighted by Gasteiger charge is -2.31. The number of rotatable bonds is 2. The molecule has 2 atom stereocenters. The molecular formula is C14H16F4N2O. The molecule has 0 heterocycles. The van der Waals surface area contributed by atoms with Crippen molar-refractivity contribution in [3.63, 3.8) is 0 Å². The van der Waals surface area contributed by atoms with Crippen LogP contribution < -0.4 is 10.6 Å². The average Bonchev–Trinajstić information content (AvgIpc) is 2.41. The van der Waals surface area contributed by atoms with Gasteiger partial charge in [0, 0.05) is 6.04 Å². The normalized spacial score (nSPS) is 22.7. The average molecular weight is 304 g/mol. The molecule has 0 aliphatic heterocycles. The lowest BCUT2D eigenvalue weighted by molar-refractivity contribution is -0.183. The Hall–Kier alpha value is -1.79. The molecule has 2 N–H and O–H groups in total. The van der Waals surface area contributed by atoms with Gasteiger partial charge in [-0.05, 0) is 31.4 Å². The van der Waals surface area contributed by atoms with Gasteiger partial charge in [-0.25, -0.2) is 9.18 Å². The fourth-order valence-electron chi connectivity index (χ4n) is 2.52. The van der Waals surface area contributed by atoms with E-state index in [0.717, 1.165) is 0 Å². The van der Waals surface area contributed by atoms with Crippen LogP contribution in [0.15, 0.2) is 24.3 Å². The van der Waals surface area contributed by atoms with Crippen LogP contribution in [0.25, 0.3) is 0 Å². The van der Waals surface area contributed by atoms with Gasteiger partial charge in [0.1, 0.15) is 5.82 Å². The zero-order valence-corrected chi connectivity index (χ0v) is 11.2. The number of carbonyl (C=O) groups is 1. The van der Waals surface area contributed by atoms with Crippen LogP contribution >= 0.6 is 0 Å². The number of amides is 2. The summed E-state index contributed by atoms with van der Waals surface area (Å²) in [6.07, 6.45) is -3.36. The molecular weight excluding hydrogens is 288 g/mol. The molecule has 0 aromatic heterocycles. The van der Waals surface area contributed by atoms with Crippen molar-refractivity contribution in [3.8, 4) is 0 Å². The maximum absolute atomic E-state index is 13.4. The van der Waals surface area contributed by atoms with E-state index in [9.17, 15) is 22.4 Å². The Kier molecular flexibility index (Phi) is 4.69. The number of benzene rings is 1. The molecule has 116 valence electrons. The van der Waals surface area contributed by atoms with Crippen molar-refractivity contribution in [1.29, 1.82) is 0 Å². The highest BCUT2D eigenvalue weighted by Crippen LogP contribution is 2.37. The second-order valence-corrected chi connectivity index (χ2v) is 5.18. The van der Waals surface area contributed by atoms with Crippen molar-refractivity contribution >= 4 is 11.7 Å². The van der Waals surface area contributed by atoms with Crippen LogP contribution in [0.2, 0.25) is 0 Å². The summed E-state index contributed by atoms with van der Waals surface area (Å²) in [6.45, 7) is 0. The van der Waals surface area contributed by atoms with Crippen LogP contribution in [0.4, 0.5) is 28.0 Å². The van der Waals surface area contributed by atoms with Gasteiger partial charge in [0.05, 0.1) is 11.6 Å². The van der Waals surface area contributed by atoms with E-state index < -0.39 is 30.0 Å². The molecule has 2 rings (SSSR count). The number of halogens is 4. The Morgan fingerprint density at radius 2 is 1.90 bits per heavy atom. The predicted molar refractivity (Wildman–Crippen MR) is 70.4 cm³/mol. The van der Waals surface area contributed by atoms with Crippen molar-refractivity contribution in [3.05, 3.63) is 30.1 Å². The molecule has 0 radical (unpaired) electrons. The van der Waals surface area contributed by atoms with Crippen LogP contribution in [0.5, 0.6) is 0 Å². The first-order valence-electron chi connectivity index (χ1n) is 6.75. The number of urea groups is 1. The van der Waals surface area contributed by atoms with Gasteiger partial charge in [0.15, 0.2) is 0 Å². The quantitative estimate of drug-likeness (QED) is 0.795. The Balaban J connectivity index is 1.89. The number of hydrogen-bond acceptors (Lipinski definition) is 1. The zero-order chi connectivity index (χ0) is 15.5. The van der Waals surface area contributed by atoms with Gasteiger partial charge in [-0.1, -0.05) is 18.6 Å². The first-order chi connectivity index (χ1) is 9.86. The smallest absolute Gasteiger partial charge is 0.335 e. The predicted octanol–water partition coefficient (Wildman–Crippen LogP) is 4.07. The Labute approximate surface area is 119 Å². The van der Waals surface area contributed by atoms with E-state index in [1.807, 2.05) is 0 Å². The van der Waals surface area contributed by atoms with Crippen LogP contribution in [0.1, 0.15) is 25.7 Å². The number of para-hydroxylation sites is 1. The number of nitrogens with one attached hydrogen (secondary N) is 2. The summed E-state index contributed by atoms with van der Waals surface area (Å²) in [5, 5.41) is 4.78. The van der Waals surface area contributed by atoms with Crippen LogP contribution in [0.3, 0.4) is 0 Å². The summed E-state index contributed by atoms with van der Waals surface area (Å²) in [5.74, 6) is -1.98. The van der Waals surface area contributed by atoms with E-state index in [4.69, 9.17) is 0 Å². The first-order valence-corrected chi connectivity index (χ1v) is 6.75. The maximum atomic E-state index is 13.4. The minimum Gasteiger partial charge on any atom is -0.335 e. The van der Waals surface area contributed by atoms with E-state index in [2.05, 4.69) is 10.6 Å². The van der Waals surface area contributed by atoms with E-state index in [1.165, 1.54) is 18.2 Å². The molecule has 2 amide bonds. The van der Waals surface area contributed by atoms with Gasteiger partial charge in [-0.15, -0.1) is 0 Å². The third-order valence-electron chi connectivity index (χ3n) is 3.59. The molecule has 1 aliphatic rings. The van der Waals surface area contributed by atoms with Gasteiger partial charge < -0.3 is 10.6 Å². The van der Waals surface area contributed by atoms with Crippen LogP contribution in [-0.2, 0) is 0 Å². The Bertz CT molecular complexity index is 504. The molecule has 0 saturated heterocycles.